The van der Waals surface area contributed by atoms with E-state index >= 15 is 0 Å². The van der Waals surface area contributed by atoms with E-state index < -0.39 is 24.3 Å². The Labute approximate surface area is 658 Å². The van der Waals surface area contributed by atoms with Crippen molar-refractivity contribution in [2.75, 3.05) is 47.5 Å². The average Bonchev–Trinajstić information content (AvgIpc) is 0.965. The fourth-order valence-corrected chi connectivity index (χ4v) is 11.5. The van der Waals surface area contributed by atoms with Gasteiger partial charge in [0.25, 0.3) is 0 Å². The molecule has 0 heterocycles. The molecule has 0 bridgehead atoms. The van der Waals surface area contributed by atoms with E-state index in [1.54, 1.807) is 0 Å². The number of aliphatic carboxylic acids is 1. The first-order chi connectivity index (χ1) is 52.6. The molecular weight excluding hydrogens is 1320 g/mol. The Kier molecular flexibility index (Phi) is 80.6. The van der Waals surface area contributed by atoms with Gasteiger partial charge in [0.15, 0.2) is 12.4 Å². The Morgan fingerprint density at radius 2 is 0.505 bits per heavy atom. The lowest BCUT2D eigenvalue weighted by molar-refractivity contribution is -0.870. The quantitative estimate of drug-likeness (QED) is 0.0195. The van der Waals surface area contributed by atoms with Gasteiger partial charge >= 0.3 is 11.9 Å². The summed E-state index contributed by atoms with van der Waals surface area (Å²) in [5.41, 5.74) is 0. The number of hydrogen-bond acceptors (Lipinski definition) is 8. The molecule has 9 nitrogen and oxygen atoms in total. The third kappa shape index (κ3) is 87.0. The number of unbranched alkanes of at least 4 members (excludes halogenated alkanes) is 29. The monoisotopic (exact) mass is 1480 g/mol. The number of quaternary nitrogens is 1. The smallest absolute Gasteiger partial charge is 0.306 e. The number of hydrogen-bond donors (Lipinski definition) is 0. The van der Waals surface area contributed by atoms with Crippen molar-refractivity contribution in [3.05, 3.63) is 207 Å². The molecule has 2 unspecified atom stereocenters. The summed E-state index contributed by atoms with van der Waals surface area (Å²) >= 11 is 0. The van der Waals surface area contributed by atoms with Gasteiger partial charge in [-0.2, -0.15) is 0 Å². The van der Waals surface area contributed by atoms with Gasteiger partial charge in [-0.15, -0.1) is 0 Å². The zero-order chi connectivity index (χ0) is 77.4. The molecule has 0 radical (unpaired) electrons. The lowest BCUT2D eigenvalue weighted by Crippen LogP contribution is -2.44. The van der Waals surface area contributed by atoms with Crippen molar-refractivity contribution in [3.8, 4) is 0 Å². The third-order valence-electron chi connectivity index (χ3n) is 18.0. The number of likely N-dealkylation sites (N-methyl/N-ethyl adjacent to an activating group) is 1. The van der Waals surface area contributed by atoms with Crippen molar-refractivity contribution in [2.45, 2.75) is 347 Å². The summed E-state index contributed by atoms with van der Waals surface area (Å²) in [6.07, 6.45) is 130. The van der Waals surface area contributed by atoms with E-state index in [-0.39, 0.29) is 38.6 Å². The van der Waals surface area contributed by atoms with Crippen molar-refractivity contribution >= 4 is 17.9 Å². The molecule has 604 valence electrons. The molecule has 0 N–H and O–H groups in total. The Balaban J connectivity index is 4.05. The van der Waals surface area contributed by atoms with E-state index in [0.717, 1.165) is 148 Å². The number of esters is 2. The van der Waals surface area contributed by atoms with Gasteiger partial charge in [0.2, 0.25) is 0 Å². The predicted octanol–water partition coefficient (Wildman–Crippen LogP) is 27.3. The molecule has 0 aliphatic carbocycles. The van der Waals surface area contributed by atoms with Crippen molar-refractivity contribution < 1.29 is 42.9 Å². The molecular formula is C98H159NO8. The lowest BCUT2D eigenvalue weighted by Gasteiger charge is -2.26. The van der Waals surface area contributed by atoms with Crippen LogP contribution in [0.25, 0.3) is 0 Å². The number of ether oxygens (including phenoxy) is 4. The molecule has 0 fully saturated rings. The Hall–Kier alpha value is -6.13. The first kappa shape index (κ1) is 101. The first-order valence-electron chi connectivity index (χ1n) is 43.2. The summed E-state index contributed by atoms with van der Waals surface area (Å²) in [6, 6.07) is 0. The zero-order valence-corrected chi connectivity index (χ0v) is 69.2. The van der Waals surface area contributed by atoms with Gasteiger partial charge in [-0.25, -0.2) is 0 Å². The highest BCUT2D eigenvalue weighted by Gasteiger charge is 2.22. The highest BCUT2D eigenvalue weighted by molar-refractivity contribution is 5.70. The molecule has 0 aromatic rings. The normalized spacial score (nSPS) is 13.7. The van der Waals surface area contributed by atoms with E-state index in [0.29, 0.717) is 17.4 Å². The maximum atomic E-state index is 13.0. The SMILES string of the molecule is CC/C=C\C/C=C\C/C=C\C/C=C\C/C=C\C/C=C\C/C=C\C/C=C\C/C=C\CCCCCCCCCCCCCCCC(=O)OC(COC(=O)CCCCCCCCCCCCCCCCCC/C=C\C/C=C\C/C=C\C/C=C\C/C=C\C/C=C\C/C=C\C/C=C\CC)COC(OCC[N+](C)(C)C)C(=O)[O-]. The third-order valence-corrected chi connectivity index (χ3v) is 18.0. The maximum Gasteiger partial charge on any atom is 0.306 e. The van der Waals surface area contributed by atoms with Crippen LogP contribution in [0.15, 0.2) is 207 Å². The van der Waals surface area contributed by atoms with Crippen molar-refractivity contribution in [1.82, 2.24) is 0 Å². The van der Waals surface area contributed by atoms with Gasteiger partial charge < -0.3 is 33.3 Å². The summed E-state index contributed by atoms with van der Waals surface area (Å²) in [7, 11) is 5.93. The molecule has 0 aromatic carbocycles. The number of rotatable bonds is 78. The maximum absolute atomic E-state index is 13.0. The van der Waals surface area contributed by atoms with Crippen LogP contribution in [0.5, 0.6) is 0 Å². The average molecular weight is 1480 g/mol. The fraction of sp³-hybridized carbons (Fsp3) is 0.622. The van der Waals surface area contributed by atoms with E-state index in [2.05, 4.69) is 220 Å². The molecule has 0 saturated carbocycles. The molecule has 0 aliphatic heterocycles. The number of carbonyl (C=O) groups excluding carboxylic acids is 3. The van der Waals surface area contributed by atoms with Gasteiger partial charge in [0, 0.05) is 12.8 Å². The summed E-state index contributed by atoms with van der Waals surface area (Å²) in [6.45, 7) is 4.53. The molecule has 0 amide bonds. The van der Waals surface area contributed by atoms with Crippen LogP contribution in [0.3, 0.4) is 0 Å². The first-order valence-corrected chi connectivity index (χ1v) is 43.2. The minimum Gasteiger partial charge on any atom is -0.545 e. The summed E-state index contributed by atoms with van der Waals surface area (Å²) in [5.74, 6) is -2.29. The molecule has 107 heavy (non-hydrogen) atoms. The molecule has 0 saturated heterocycles. The number of carboxylic acid groups (broad SMARTS) is 1. The standard InChI is InChI=1S/C98H159NO8/c1-6-8-10-12-14-16-18-20-22-24-26-28-30-32-34-36-38-40-42-44-46-48-50-52-54-56-58-60-62-64-66-68-70-72-74-76-78-80-82-84-86-88-95(100)105-92-94(93-106-98(97(102)103)104-91-90-99(3,4)5)107-96(101)89-87-85-83-81-79-77-75-73-71-69-67-65-63-61-59-57-55-53-51-49-47-45-43-41-39-37-35-33-31-29-27-25-23-21-19-17-15-13-11-9-7-2/h8-11,14-17,20-23,26-29,32-35,38-41,44-47,50-53,57,59,94,98H,6-7,12-13,18-19,24-25,30-31,36-37,42-43,48-49,54-56,58,60-93H2,1-5H3/b10-8-,11-9-,16-14-,17-15-,22-20-,23-21-,28-26-,29-27-,34-32-,35-33-,40-38-,41-39-,46-44-,47-45-,52-50-,53-51-,59-57-. The number of allylic oxidation sites excluding steroid dienone is 34. The highest BCUT2D eigenvalue weighted by atomic mass is 16.7. The van der Waals surface area contributed by atoms with Crippen molar-refractivity contribution in [1.29, 1.82) is 0 Å². The largest absolute Gasteiger partial charge is 0.545 e. The molecule has 0 aliphatic rings. The van der Waals surface area contributed by atoms with Crippen LogP contribution in [-0.4, -0.2) is 82.3 Å². The van der Waals surface area contributed by atoms with Crippen molar-refractivity contribution in [3.63, 3.8) is 0 Å². The Morgan fingerprint density at radius 3 is 0.748 bits per heavy atom. The number of carboxylic acids is 1. The highest BCUT2D eigenvalue weighted by Crippen LogP contribution is 2.18. The van der Waals surface area contributed by atoms with Crippen LogP contribution >= 0.6 is 0 Å². The van der Waals surface area contributed by atoms with Crippen LogP contribution in [0, 0.1) is 0 Å². The van der Waals surface area contributed by atoms with E-state index in [9.17, 15) is 19.5 Å². The number of carbonyl (C=O) groups is 3. The van der Waals surface area contributed by atoms with Crippen LogP contribution in [0.1, 0.15) is 335 Å². The second-order valence-electron chi connectivity index (χ2n) is 29.4. The molecule has 9 heteroatoms. The molecule has 0 rings (SSSR count). The topological polar surface area (TPSA) is 111 Å². The summed E-state index contributed by atoms with van der Waals surface area (Å²) in [4.78, 5) is 37.7. The Bertz CT molecular complexity index is 2530. The van der Waals surface area contributed by atoms with Crippen LogP contribution in [0.2, 0.25) is 0 Å². The summed E-state index contributed by atoms with van der Waals surface area (Å²) in [5, 5.41) is 11.9. The second-order valence-corrected chi connectivity index (χ2v) is 29.4. The fourth-order valence-electron chi connectivity index (χ4n) is 11.5. The predicted molar refractivity (Wildman–Crippen MR) is 462 cm³/mol. The van der Waals surface area contributed by atoms with Gasteiger partial charge in [-0.1, -0.05) is 381 Å². The minimum atomic E-state index is -1.63. The van der Waals surface area contributed by atoms with Gasteiger partial charge in [0.05, 0.1) is 40.3 Å². The van der Waals surface area contributed by atoms with E-state index in [1.807, 2.05) is 21.1 Å². The van der Waals surface area contributed by atoms with Crippen LogP contribution in [-0.2, 0) is 33.3 Å². The second kappa shape index (κ2) is 85.5. The number of nitrogens with zero attached hydrogens (tertiary/aromatic N) is 1. The summed E-state index contributed by atoms with van der Waals surface area (Å²) < 4.78 is 22.9. The Morgan fingerprint density at radius 1 is 0.280 bits per heavy atom. The van der Waals surface area contributed by atoms with Crippen LogP contribution < -0.4 is 5.11 Å². The lowest BCUT2D eigenvalue weighted by atomic mass is 10.0. The molecule has 2 atom stereocenters. The van der Waals surface area contributed by atoms with Crippen molar-refractivity contribution in [2.24, 2.45) is 0 Å². The molecule has 0 aromatic heterocycles. The van der Waals surface area contributed by atoms with Crippen LogP contribution in [0.4, 0.5) is 0 Å². The van der Waals surface area contributed by atoms with E-state index in [1.165, 1.54) is 154 Å². The van der Waals surface area contributed by atoms with E-state index in [4.69, 9.17) is 18.9 Å². The van der Waals surface area contributed by atoms with Gasteiger partial charge in [0.1, 0.15) is 13.2 Å². The minimum absolute atomic E-state index is 0.140. The van der Waals surface area contributed by atoms with Gasteiger partial charge in [-0.3, -0.25) is 9.59 Å². The zero-order valence-electron chi connectivity index (χ0n) is 69.2. The molecule has 0 spiro atoms. The van der Waals surface area contributed by atoms with Gasteiger partial charge in [-0.05, 0) is 148 Å².